The van der Waals surface area contributed by atoms with Gasteiger partial charge >= 0.3 is 0 Å². The van der Waals surface area contributed by atoms with E-state index in [1.165, 1.54) is 12.8 Å². The predicted molar refractivity (Wildman–Crippen MR) is 74.9 cm³/mol. The van der Waals surface area contributed by atoms with Gasteiger partial charge in [-0.15, -0.1) is 10.2 Å². The van der Waals surface area contributed by atoms with Gasteiger partial charge in [-0.1, -0.05) is 6.07 Å². The van der Waals surface area contributed by atoms with E-state index in [0.29, 0.717) is 12.1 Å². The van der Waals surface area contributed by atoms with Crippen molar-refractivity contribution >= 4 is 5.65 Å². The minimum absolute atomic E-state index is 0.415. The second-order valence-corrected chi connectivity index (χ2v) is 5.36. The Hall–Kier alpha value is -1.46. The van der Waals surface area contributed by atoms with Gasteiger partial charge in [0.1, 0.15) is 5.82 Å². The average Bonchev–Trinajstić information content (AvgIpc) is 2.85. The van der Waals surface area contributed by atoms with Crippen LogP contribution in [0.15, 0.2) is 24.4 Å². The van der Waals surface area contributed by atoms with Crippen LogP contribution in [-0.4, -0.2) is 33.2 Å². The van der Waals surface area contributed by atoms with Crippen molar-refractivity contribution in [1.82, 2.24) is 19.9 Å². The topological polar surface area (TPSA) is 68.2 Å². The van der Waals surface area contributed by atoms with Crippen LogP contribution in [0.25, 0.3) is 5.65 Å². The second kappa shape index (κ2) is 5.67. The lowest BCUT2D eigenvalue weighted by Gasteiger charge is -2.26. The minimum atomic E-state index is 0.415. The van der Waals surface area contributed by atoms with Gasteiger partial charge in [0.15, 0.2) is 5.65 Å². The summed E-state index contributed by atoms with van der Waals surface area (Å²) in [6.07, 6.45) is 7.61. The highest BCUT2D eigenvalue weighted by atomic mass is 15.2. The number of nitrogens with zero attached hydrogens (tertiary/aromatic N) is 3. The molecule has 1 fully saturated rings. The normalized spacial score (nSPS) is 23.8. The maximum Gasteiger partial charge on any atom is 0.160 e. The van der Waals surface area contributed by atoms with E-state index in [1.807, 2.05) is 24.4 Å². The lowest BCUT2D eigenvalue weighted by Crippen LogP contribution is -2.38. The number of nitrogens with one attached hydrogen (secondary N) is 1. The van der Waals surface area contributed by atoms with Crippen LogP contribution in [-0.2, 0) is 6.42 Å². The Balaban J connectivity index is 1.52. The smallest absolute Gasteiger partial charge is 0.160 e. The predicted octanol–water partition coefficient (Wildman–Crippen LogP) is 1.13. The van der Waals surface area contributed by atoms with Crippen molar-refractivity contribution < 1.29 is 0 Å². The van der Waals surface area contributed by atoms with Gasteiger partial charge in [-0.2, -0.15) is 0 Å². The first-order chi connectivity index (χ1) is 9.33. The number of rotatable bonds is 4. The molecule has 1 saturated carbocycles. The fourth-order valence-corrected chi connectivity index (χ4v) is 2.77. The highest BCUT2D eigenvalue weighted by Gasteiger charge is 2.17. The van der Waals surface area contributed by atoms with Gasteiger partial charge in [0.2, 0.25) is 0 Å². The Morgan fingerprint density at radius 1 is 1.21 bits per heavy atom. The van der Waals surface area contributed by atoms with E-state index >= 15 is 0 Å². The van der Waals surface area contributed by atoms with Crippen molar-refractivity contribution in [2.24, 2.45) is 5.73 Å². The van der Waals surface area contributed by atoms with Crippen molar-refractivity contribution in [3.8, 4) is 0 Å². The number of aromatic nitrogens is 3. The van der Waals surface area contributed by atoms with Crippen LogP contribution in [0.3, 0.4) is 0 Å². The molecule has 102 valence electrons. The van der Waals surface area contributed by atoms with E-state index in [4.69, 9.17) is 5.73 Å². The molecule has 0 atom stereocenters. The first kappa shape index (κ1) is 12.6. The van der Waals surface area contributed by atoms with Crippen molar-refractivity contribution in [3.05, 3.63) is 30.2 Å². The van der Waals surface area contributed by atoms with E-state index in [9.17, 15) is 0 Å². The lowest BCUT2D eigenvalue weighted by atomic mass is 9.92. The monoisotopic (exact) mass is 259 g/mol. The summed E-state index contributed by atoms with van der Waals surface area (Å²) >= 11 is 0. The molecule has 2 aromatic rings. The van der Waals surface area contributed by atoms with Crippen molar-refractivity contribution in [2.45, 2.75) is 44.2 Å². The first-order valence-corrected chi connectivity index (χ1v) is 7.10. The van der Waals surface area contributed by atoms with E-state index in [0.717, 1.165) is 37.3 Å². The van der Waals surface area contributed by atoms with Gasteiger partial charge in [-0.3, -0.25) is 4.40 Å². The highest BCUT2D eigenvalue weighted by molar-refractivity contribution is 5.36. The van der Waals surface area contributed by atoms with Crippen molar-refractivity contribution in [1.29, 1.82) is 0 Å². The number of hydrogen-bond acceptors (Lipinski definition) is 4. The lowest BCUT2D eigenvalue weighted by molar-refractivity contribution is 0.344. The Bertz CT molecular complexity index is 527. The molecule has 0 saturated heterocycles. The molecular weight excluding hydrogens is 238 g/mol. The molecule has 1 aliphatic rings. The van der Waals surface area contributed by atoms with Gasteiger partial charge in [-0.25, -0.2) is 0 Å². The summed E-state index contributed by atoms with van der Waals surface area (Å²) in [5.41, 5.74) is 6.83. The third-order valence-electron chi connectivity index (χ3n) is 3.94. The average molecular weight is 259 g/mol. The first-order valence-electron chi connectivity index (χ1n) is 7.10. The number of fused-ring (bicyclic) bond motifs is 1. The maximum atomic E-state index is 5.92. The van der Waals surface area contributed by atoms with Crippen LogP contribution in [0.5, 0.6) is 0 Å². The molecule has 0 radical (unpaired) electrons. The number of nitrogens with two attached hydrogens (primary N) is 1. The molecule has 0 amide bonds. The molecule has 19 heavy (non-hydrogen) atoms. The molecular formula is C14H21N5. The van der Waals surface area contributed by atoms with E-state index in [2.05, 4.69) is 19.9 Å². The molecule has 5 heteroatoms. The largest absolute Gasteiger partial charge is 0.328 e. The Morgan fingerprint density at radius 3 is 2.89 bits per heavy atom. The third-order valence-corrected chi connectivity index (χ3v) is 3.94. The summed E-state index contributed by atoms with van der Waals surface area (Å²) in [4.78, 5) is 0. The molecule has 3 rings (SSSR count). The van der Waals surface area contributed by atoms with Gasteiger partial charge in [0.25, 0.3) is 0 Å². The summed E-state index contributed by atoms with van der Waals surface area (Å²) in [6.45, 7) is 0.954. The molecule has 0 aliphatic heterocycles. The van der Waals surface area contributed by atoms with Crippen LogP contribution in [0, 0.1) is 0 Å². The molecule has 2 aromatic heterocycles. The SMILES string of the molecule is NC1CCC(NCCc2nnc3ccccn23)CC1. The van der Waals surface area contributed by atoms with Gasteiger partial charge in [0.05, 0.1) is 0 Å². The number of hydrogen-bond donors (Lipinski definition) is 2. The maximum absolute atomic E-state index is 5.92. The van der Waals surface area contributed by atoms with Crippen LogP contribution < -0.4 is 11.1 Å². The number of pyridine rings is 1. The van der Waals surface area contributed by atoms with Gasteiger partial charge < -0.3 is 11.1 Å². The molecule has 0 aromatic carbocycles. The van der Waals surface area contributed by atoms with E-state index in [1.54, 1.807) is 0 Å². The zero-order valence-corrected chi connectivity index (χ0v) is 11.1. The fourth-order valence-electron chi connectivity index (χ4n) is 2.77. The zero-order valence-electron chi connectivity index (χ0n) is 11.1. The molecule has 5 nitrogen and oxygen atoms in total. The summed E-state index contributed by atoms with van der Waals surface area (Å²) in [6, 6.07) is 7.01. The second-order valence-electron chi connectivity index (χ2n) is 5.36. The van der Waals surface area contributed by atoms with E-state index < -0.39 is 0 Å². The van der Waals surface area contributed by atoms with Crippen molar-refractivity contribution in [2.75, 3.05) is 6.54 Å². The third kappa shape index (κ3) is 2.93. The summed E-state index contributed by atoms with van der Waals surface area (Å²) in [5, 5.41) is 12.0. The molecule has 1 aliphatic carbocycles. The summed E-state index contributed by atoms with van der Waals surface area (Å²) in [7, 11) is 0. The van der Waals surface area contributed by atoms with Crippen LogP contribution in [0.1, 0.15) is 31.5 Å². The quantitative estimate of drug-likeness (QED) is 0.863. The highest BCUT2D eigenvalue weighted by Crippen LogP contribution is 2.16. The molecule has 0 unspecified atom stereocenters. The molecule has 3 N–H and O–H groups in total. The Kier molecular flexibility index (Phi) is 3.75. The zero-order chi connectivity index (χ0) is 13.1. The minimum Gasteiger partial charge on any atom is -0.328 e. The fraction of sp³-hybridized carbons (Fsp3) is 0.571. The van der Waals surface area contributed by atoms with Gasteiger partial charge in [0, 0.05) is 31.2 Å². The standard InChI is InChI=1S/C14H21N5/c15-11-4-6-12(7-5-11)16-9-8-14-18-17-13-3-1-2-10-19(13)14/h1-3,10-12,16H,4-9,15H2. The van der Waals surface area contributed by atoms with Crippen LogP contribution in [0.4, 0.5) is 0 Å². The van der Waals surface area contributed by atoms with Crippen LogP contribution >= 0.6 is 0 Å². The summed E-state index contributed by atoms with van der Waals surface area (Å²) < 4.78 is 2.05. The van der Waals surface area contributed by atoms with E-state index in [-0.39, 0.29) is 0 Å². The molecule has 0 spiro atoms. The van der Waals surface area contributed by atoms with Gasteiger partial charge in [-0.05, 0) is 37.8 Å². The molecule has 0 bridgehead atoms. The van der Waals surface area contributed by atoms with Crippen molar-refractivity contribution in [3.63, 3.8) is 0 Å². The van der Waals surface area contributed by atoms with Crippen LogP contribution in [0.2, 0.25) is 0 Å². The Morgan fingerprint density at radius 2 is 2.05 bits per heavy atom. The Labute approximate surface area is 113 Å². The summed E-state index contributed by atoms with van der Waals surface area (Å²) in [5.74, 6) is 1.02. The molecule has 2 heterocycles.